The van der Waals surface area contributed by atoms with E-state index in [-0.39, 0.29) is 12.2 Å². The first-order chi connectivity index (χ1) is 10.5. The standard InChI is InChI=1S/C16H15BrN2O3/c1-10-4-2-3-5-14(10)19-15(20)9-22-16(21)12-8-11(17)6-7-13(12)18/h2-8H,9,18H2,1H3,(H,19,20). The SMILES string of the molecule is Cc1ccccc1NC(=O)COC(=O)c1cc(Br)ccc1N. The molecule has 0 bridgehead atoms. The van der Waals surface area contributed by atoms with E-state index in [2.05, 4.69) is 21.2 Å². The van der Waals surface area contributed by atoms with Gasteiger partial charge in [-0.3, -0.25) is 4.79 Å². The van der Waals surface area contributed by atoms with Crippen molar-refractivity contribution in [3.63, 3.8) is 0 Å². The monoisotopic (exact) mass is 362 g/mol. The number of nitrogen functional groups attached to an aromatic ring is 1. The number of nitrogens with one attached hydrogen (secondary N) is 1. The van der Waals surface area contributed by atoms with Crippen LogP contribution in [0.15, 0.2) is 46.9 Å². The predicted molar refractivity (Wildman–Crippen MR) is 88.6 cm³/mol. The zero-order valence-corrected chi connectivity index (χ0v) is 13.5. The van der Waals surface area contributed by atoms with E-state index in [1.807, 2.05) is 25.1 Å². The van der Waals surface area contributed by atoms with Gasteiger partial charge in [0.1, 0.15) is 0 Å². The summed E-state index contributed by atoms with van der Waals surface area (Å²) in [5.74, 6) is -1.05. The number of anilines is 2. The molecule has 6 heteroatoms. The number of nitrogens with two attached hydrogens (primary N) is 1. The Hall–Kier alpha value is -2.34. The molecule has 0 saturated carbocycles. The molecule has 5 nitrogen and oxygen atoms in total. The van der Waals surface area contributed by atoms with Crippen molar-refractivity contribution in [2.45, 2.75) is 6.92 Å². The molecule has 0 saturated heterocycles. The number of esters is 1. The summed E-state index contributed by atoms with van der Waals surface area (Å²) in [6.07, 6.45) is 0. The molecule has 114 valence electrons. The lowest BCUT2D eigenvalue weighted by Gasteiger charge is -2.09. The van der Waals surface area contributed by atoms with Crippen molar-refractivity contribution in [3.05, 3.63) is 58.1 Å². The summed E-state index contributed by atoms with van der Waals surface area (Å²) in [5.41, 5.74) is 7.85. The number of benzene rings is 2. The number of para-hydroxylation sites is 1. The molecule has 0 unspecified atom stereocenters. The first-order valence-corrected chi connectivity index (χ1v) is 7.34. The van der Waals surface area contributed by atoms with Gasteiger partial charge < -0.3 is 15.8 Å². The lowest BCUT2D eigenvalue weighted by atomic mass is 10.2. The Labute approximate surface area is 136 Å². The molecule has 0 radical (unpaired) electrons. The largest absolute Gasteiger partial charge is 0.452 e. The molecule has 0 fully saturated rings. The topological polar surface area (TPSA) is 81.4 Å². The highest BCUT2D eigenvalue weighted by Gasteiger charge is 2.14. The minimum absolute atomic E-state index is 0.220. The van der Waals surface area contributed by atoms with Crippen LogP contribution in [0.25, 0.3) is 0 Å². The first-order valence-electron chi connectivity index (χ1n) is 6.55. The van der Waals surface area contributed by atoms with E-state index in [9.17, 15) is 9.59 Å². The van der Waals surface area contributed by atoms with E-state index in [0.717, 1.165) is 5.56 Å². The Morgan fingerprint density at radius 3 is 2.68 bits per heavy atom. The normalized spacial score (nSPS) is 10.1. The zero-order valence-electron chi connectivity index (χ0n) is 11.9. The van der Waals surface area contributed by atoms with Crippen LogP contribution in [0.4, 0.5) is 11.4 Å². The zero-order chi connectivity index (χ0) is 16.1. The average molecular weight is 363 g/mol. The smallest absolute Gasteiger partial charge is 0.340 e. The van der Waals surface area contributed by atoms with E-state index in [4.69, 9.17) is 10.5 Å². The number of carbonyl (C=O) groups excluding carboxylic acids is 2. The van der Waals surface area contributed by atoms with Crippen LogP contribution >= 0.6 is 15.9 Å². The molecule has 1 amide bonds. The molecule has 3 N–H and O–H groups in total. The third-order valence-corrected chi connectivity index (χ3v) is 3.48. The highest BCUT2D eigenvalue weighted by Crippen LogP contribution is 2.19. The van der Waals surface area contributed by atoms with Gasteiger partial charge >= 0.3 is 5.97 Å². The van der Waals surface area contributed by atoms with Crippen molar-refractivity contribution >= 4 is 39.2 Å². The van der Waals surface area contributed by atoms with Crippen LogP contribution in [0, 0.1) is 6.92 Å². The van der Waals surface area contributed by atoms with Gasteiger partial charge in [-0.2, -0.15) is 0 Å². The summed E-state index contributed by atoms with van der Waals surface area (Å²) >= 11 is 3.25. The molecule has 0 heterocycles. The fourth-order valence-electron chi connectivity index (χ4n) is 1.81. The average Bonchev–Trinajstić information content (AvgIpc) is 2.49. The molecule has 0 aliphatic heterocycles. The maximum absolute atomic E-state index is 11.9. The predicted octanol–water partition coefficient (Wildman–Crippen LogP) is 3.14. The second-order valence-corrected chi connectivity index (χ2v) is 5.59. The Kier molecular flexibility index (Phi) is 5.16. The minimum atomic E-state index is -0.640. The number of ether oxygens (including phenoxy) is 1. The van der Waals surface area contributed by atoms with Crippen LogP contribution < -0.4 is 11.1 Å². The first kappa shape index (κ1) is 16.0. The van der Waals surface area contributed by atoms with Crippen molar-refractivity contribution in [3.8, 4) is 0 Å². The van der Waals surface area contributed by atoms with Crippen molar-refractivity contribution in [1.29, 1.82) is 0 Å². The van der Waals surface area contributed by atoms with Crippen LogP contribution in [0.1, 0.15) is 15.9 Å². The highest BCUT2D eigenvalue weighted by molar-refractivity contribution is 9.10. The molecule has 0 aromatic heterocycles. The number of halogens is 1. The second kappa shape index (κ2) is 7.09. The lowest BCUT2D eigenvalue weighted by molar-refractivity contribution is -0.119. The quantitative estimate of drug-likeness (QED) is 0.646. The fraction of sp³-hybridized carbons (Fsp3) is 0.125. The van der Waals surface area contributed by atoms with Crippen molar-refractivity contribution in [2.75, 3.05) is 17.7 Å². The van der Waals surface area contributed by atoms with Crippen LogP contribution in [0.2, 0.25) is 0 Å². The van der Waals surface area contributed by atoms with Crippen molar-refractivity contribution < 1.29 is 14.3 Å². The Morgan fingerprint density at radius 2 is 1.95 bits per heavy atom. The van der Waals surface area contributed by atoms with Gasteiger partial charge in [0.15, 0.2) is 6.61 Å². The molecular formula is C16H15BrN2O3. The van der Waals surface area contributed by atoms with Gasteiger partial charge in [0.05, 0.1) is 5.56 Å². The summed E-state index contributed by atoms with van der Waals surface area (Å²) in [6.45, 7) is 1.50. The van der Waals surface area contributed by atoms with E-state index in [1.165, 1.54) is 0 Å². The summed E-state index contributed by atoms with van der Waals surface area (Å²) in [7, 11) is 0. The van der Waals surface area contributed by atoms with E-state index >= 15 is 0 Å². The molecule has 22 heavy (non-hydrogen) atoms. The van der Waals surface area contributed by atoms with Crippen LogP contribution in [-0.2, 0) is 9.53 Å². The minimum Gasteiger partial charge on any atom is -0.452 e. The Balaban J connectivity index is 1.95. The lowest BCUT2D eigenvalue weighted by Crippen LogP contribution is -2.21. The van der Waals surface area contributed by atoms with Crippen LogP contribution in [-0.4, -0.2) is 18.5 Å². The molecule has 0 aliphatic rings. The fourth-order valence-corrected chi connectivity index (χ4v) is 2.17. The number of hydrogen-bond acceptors (Lipinski definition) is 4. The van der Waals surface area contributed by atoms with E-state index in [0.29, 0.717) is 15.8 Å². The van der Waals surface area contributed by atoms with Gasteiger partial charge in [0, 0.05) is 15.8 Å². The van der Waals surface area contributed by atoms with Crippen molar-refractivity contribution in [1.82, 2.24) is 0 Å². The third-order valence-electron chi connectivity index (χ3n) is 2.99. The maximum Gasteiger partial charge on any atom is 0.340 e. The van der Waals surface area contributed by atoms with Gasteiger partial charge in [0.25, 0.3) is 5.91 Å². The highest BCUT2D eigenvalue weighted by atomic mass is 79.9. The molecular weight excluding hydrogens is 348 g/mol. The Bertz CT molecular complexity index is 716. The molecule has 2 aromatic rings. The van der Waals surface area contributed by atoms with E-state index < -0.39 is 11.9 Å². The van der Waals surface area contributed by atoms with Gasteiger partial charge in [0.2, 0.25) is 0 Å². The third kappa shape index (κ3) is 4.08. The number of aryl methyl sites for hydroxylation is 1. The van der Waals surface area contributed by atoms with Gasteiger partial charge in [-0.1, -0.05) is 34.1 Å². The number of rotatable bonds is 4. The summed E-state index contributed by atoms with van der Waals surface area (Å²) < 4.78 is 5.69. The van der Waals surface area contributed by atoms with Crippen LogP contribution in [0.5, 0.6) is 0 Å². The molecule has 2 aromatic carbocycles. The second-order valence-electron chi connectivity index (χ2n) is 4.67. The molecule has 0 atom stereocenters. The maximum atomic E-state index is 11.9. The molecule has 0 aliphatic carbocycles. The number of amides is 1. The summed E-state index contributed by atoms with van der Waals surface area (Å²) in [5, 5.41) is 2.69. The van der Waals surface area contributed by atoms with Gasteiger partial charge in [-0.15, -0.1) is 0 Å². The van der Waals surface area contributed by atoms with Gasteiger partial charge in [-0.25, -0.2) is 4.79 Å². The van der Waals surface area contributed by atoms with E-state index in [1.54, 1.807) is 24.3 Å². The summed E-state index contributed by atoms with van der Waals surface area (Å²) in [4.78, 5) is 23.8. The molecule has 0 spiro atoms. The van der Waals surface area contributed by atoms with Gasteiger partial charge in [-0.05, 0) is 36.8 Å². The number of carbonyl (C=O) groups is 2. The molecule has 2 rings (SSSR count). The summed E-state index contributed by atoms with van der Waals surface area (Å²) in [6, 6.07) is 12.2. The van der Waals surface area contributed by atoms with Crippen molar-refractivity contribution in [2.24, 2.45) is 0 Å². The number of hydrogen-bond donors (Lipinski definition) is 2. The van der Waals surface area contributed by atoms with Crippen LogP contribution in [0.3, 0.4) is 0 Å². The Morgan fingerprint density at radius 1 is 1.23 bits per heavy atom.